The number of imidazole rings is 1. The molecular formula is C13H17ClN4S. The van der Waals surface area contributed by atoms with Crippen molar-refractivity contribution in [2.24, 2.45) is 7.05 Å². The van der Waals surface area contributed by atoms with Crippen LogP contribution in [0.25, 0.3) is 0 Å². The largest absolute Gasteiger partial charge is 0.329 e. The first-order chi connectivity index (χ1) is 8.79. The molecule has 0 radical (unpaired) electrons. The minimum atomic E-state index is -0.131. The third kappa shape index (κ3) is 3.09. The minimum Gasteiger partial charge on any atom is -0.329 e. The molecule has 0 aliphatic rings. The molecule has 0 spiro atoms. The second-order valence-corrected chi connectivity index (χ2v) is 6.75. The highest BCUT2D eigenvalue weighted by molar-refractivity contribution is 7.99. The van der Waals surface area contributed by atoms with Gasteiger partial charge in [0, 0.05) is 30.4 Å². The van der Waals surface area contributed by atoms with Gasteiger partial charge in [-0.2, -0.15) is 0 Å². The predicted molar refractivity (Wildman–Crippen MR) is 77.8 cm³/mol. The Morgan fingerprint density at radius 2 is 1.95 bits per heavy atom. The molecule has 19 heavy (non-hydrogen) atoms. The van der Waals surface area contributed by atoms with Crippen molar-refractivity contribution in [1.29, 1.82) is 0 Å². The van der Waals surface area contributed by atoms with Crippen LogP contribution in [0, 0.1) is 6.92 Å². The van der Waals surface area contributed by atoms with Crippen LogP contribution in [0.1, 0.15) is 32.2 Å². The van der Waals surface area contributed by atoms with Crippen LogP contribution in [-0.2, 0) is 12.5 Å². The van der Waals surface area contributed by atoms with E-state index in [1.807, 2.05) is 24.7 Å². The number of halogens is 1. The molecule has 4 nitrogen and oxygen atoms in total. The summed E-state index contributed by atoms with van der Waals surface area (Å²) in [6.07, 6.45) is 3.68. The van der Waals surface area contributed by atoms with E-state index in [-0.39, 0.29) is 5.41 Å². The Kier molecular flexibility index (Phi) is 3.87. The Bertz CT molecular complexity index is 601. The van der Waals surface area contributed by atoms with Crippen LogP contribution >= 0.6 is 23.4 Å². The summed E-state index contributed by atoms with van der Waals surface area (Å²) in [5.74, 6) is 0.750. The maximum absolute atomic E-state index is 6.21. The smallest absolute Gasteiger partial charge is 0.174 e. The number of nitrogens with zero attached hydrogens (tertiary/aromatic N) is 4. The van der Waals surface area contributed by atoms with Gasteiger partial charge >= 0.3 is 0 Å². The molecule has 102 valence electrons. The monoisotopic (exact) mass is 296 g/mol. The van der Waals surface area contributed by atoms with Gasteiger partial charge < -0.3 is 4.57 Å². The van der Waals surface area contributed by atoms with E-state index in [9.17, 15) is 0 Å². The van der Waals surface area contributed by atoms with E-state index < -0.39 is 0 Å². The average molecular weight is 297 g/mol. The number of hydrogen-bond donors (Lipinski definition) is 0. The van der Waals surface area contributed by atoms with E-state index in [2.05, 4.69) is 35.7 Å². The van der Waals surface area contributed by atoms with E-state index in [1.54, 1.807) is 6.20 Å². The van der Waals surface area contributed by atoms with Crippen LogP contribution in [0.4, 0.5) is 0 Å². The maximum Gasteiger partial charge on any atom is 0.174 e. The summed E-state index contributed by atoms with van der Waals surface area (Å²) in [6, 6.07) is 0. The van der Waals surface area contributed by atoms with Crippen molar-refractivity contribution >= 4 is 23.4 Å². The summed E-state index contributed by atoms with van der Waals surface area (Å²) in [5, 5.41) is 2.26. The molecule has 0 aliphatic heterocycles. The Labute approximate surface area is 122 Å². The molecule has 0 aliphatic carbocycles. The minimum absolute atomic E-state index is 0.131. The van der Waals surface area contributed by atoms with E-state index in [1.165, 1.54) is 11.8 Å². The molecule has 0 N–H and O–H groups in total. The second-order valence-electron chi connectivity index (χ2n) is 5.44. The Morgan fingerprint density at radius 1 is 1.26 bits per heavy atom. The number of rotatable bonds is 2. The van der Waals surface area contributed by atoms with Gasteiger partial charge in [-0.05, 0) is 18.7 Å². The molecule has 2 aromatic heterocycles. The summed E-state index contributed by atoms with van der Waals surface area (Å²) in [4.78, 5) is 13.3. The van der Waals surface area contributed by atoms with Gasteiger partial charge in [0.05, 0.1) is 0 Å². The summed E-state index contributed by atoms with van der Waals surface area (Å²) >= 11 is 7.72. The van der Waals surface area contributed by atoms with Gasteiger partial charge in [-0.1, -0.05) is 32.4 Å². The van der Waals surface area contributed by atoms with Crippen molar-refractivity contribution in [2.45, 2.75) is 43.3 Å². The summed E-state index contributed by atoms with van der Waals surface area (Å²) < 4.78 is 1.96. The SMILES string of the molecule is Cc1c(Cl)nc(C(C)(C)C)nc1Sc1nccn1C. The summed E-state index contributed by atoms with van der Waals surface area (Å²) in [6.45, 7) is 8.15. The van der Waals surface area contributed by atoms with Crippen LogP contribution in [0.3, 0.4) is 0 Å². The molecule has 0 unspecified atom stereocenters. The van der Waals surface area contributed by atoms with Gasteiger partial charge in [0.15, 0.2) is 5.16 Å². The summed E-state index contributed by atoms with van der Waals surface area (Å²) in [5.41, 5.74) is 0.761. The highest BCUT2D eigenvalue weighted by Crippen LogP contribution is 2.32. The first kappa shape index (κ1) is 14.3. The van der Waals surface area contributed by atoms with Crippen LogP contribution in [-0.4, -0.2) is 19.5 Å². The summed E-state index contributed by atoms with van der Waals surface area (Å²) in [7, 11) is 1.96. The van der Waals surface area contributed by atoms with E-state index in [0.29, 0.717) is 5.15 Å². The van der Waals surface area contributed by atoms with Crippen molar-refractivity contribution < 1.29 is 0 Å². The predicted octanol–water partition coefficient (Wildman–Crippen LogP) is 3.62. The van der Waals surface area contributed by atoms with Crippen molar-refractivity contribution in [2.75, 3.05) is 0 Å². The number of hydrogen-bond acceptors (Lipinski definition) is 4. The zero-order valence-corrected chi connectivity index (χ0v) is 13.3. The highest BCUT2D eigenvalue weighted by Gasteiger charge is 2.21. The number of aromatic nitrogens is 4. The molecule has 2 rings (SSSR count). The molecule has 0 aromatic carbocycles. The topological polar surface area (TPSA) is 43.6 Å². The van der Waals surface area contributed by atoms with Gasteiger partial charge in [0.25, 0.3) is 0 Å². The lowest BCUT2D eigenvalue weighted by atomic mass is 9.96. The molecule has 0 bridgehead atoms. The first-order valence-corrected chi connectivity index (χ1v) is 7.18. The third-order valence-corrected chi connectivity index (χ3v) is 4.21. The fraction of sp³-hybridized carbons (Fsp3) is 0.462. The van der Waals surface area contributed by atoms with E-state index in [4.69, 9.17) is 11.6 Å². The van der Waals surface area contributed by atoms with Gasteiger partial charge in [-0.25, -0.2) is 15.0 Å². The quantitative estimate of drug-likeness (QED) is 0.794. The highest BCUT2D eigenvalue weighted by atomic mass is 35.5. The fourth-order valence-corrected chi connectivity index (χ4v) is 2.54. The maximum atomic E-state index is 6.21. The lowest BCUT2D eigenvalue weighted by molar-refractivity contribution is 0.537. The Balaban J connectivity index is 2.45. The lowest BCUT2D eigenvalue weighted by Crippen LogP contribution is -2.17. The molecule has 0 atom stereocenters. The Hall–Kier alpha value is -1.07. The van der Waals surface area contributed by atoms with Crippen LogP contribution in [0.15, 0.2) is 22.6 Å². The zero-order chi connectivity index (χ0) is 14.2. The normalized spacial score (nSPS) is 11.9. The van der Waals surface area contributed by atoms with Gasteiger partial charge in [0.1, 0.15) is 16.0 Å². The van der Waals surface area contributed by atoms with Gasteiger partial charge in [-0.3, -0.25) is 0 Å². The van der Waals surface area contributed by atoms with Gasteiger partial charge in [-0.15, -0.1) is 0 Å². The lowest BCUT2D eigenvalue weighted by Gasteiger charge is -2.18. The van der Waals surface area contributed by atoms with Crippen molar-refractivity contribution in [3.8, 4) is 0 Å². The van der Waals surface area contributed by atoms with Crippen LogP contribution < -0.4 is 0 Å². The molecule has 2 heterocycles. The van der Waals surface area contributed by atoms with E-state index >= 15 is 0 Å². The van der Waals surface area contributed by atoms with Crippen LogP contribution in [0.2, 0.25) is 5.15 Å². The Morgan fingerprint density at radius 3 is 2.47 bits per heavy atom. The molecule has 6 heteroatoms. The second kappa shape index (κ2) is 5.13. The van der Waals surface area contributed by atoms with Crippen molar-refractivity contribution in [3.63, 3.8) is 0 Å². The third-order valence-electron chi connectivity index (χ3n) is 2.68. The number of aryl methyl sites for hydroxylation is 1. The zero-order valence-electron chi connectivity index (χ0n) is 11.7. The van der Waals surface area contributed by atoms with E-state index in [0.717, 1.165) is 21.6 Å². The van der Waals surface area contributed by atoms with Crippen molar-refractivity contribution in [1.82, 2.24) is 19.5 Å². The standard InChI is InChI=1S/C13H17ClN4S/c1-8-9(14)16-11(13(2,3)4)17-10(8)19-12-15-6-7-18(12)5/h6-7H,1-5H3. The average Bonchev–Trinajstić information content (AvgIpc) is 2.69. The van der Waals surface area contributed by atoms with Crippen LogP contribution in [0.5, 0.6) is 0 Å². The molecular weight excluding hydrogens is 280 g/mol. The molecule has 2 aromatic rings. The molecule has 0 saturated heterocycles. The van der Waals surface area contributed by atoms with Crippen molar-refractivity contribution in [3.05, 3.63) is 28.9 Å². The molecule has 0 fully saturated rings. The fourth-order valence-electron chi connectivity index (χ4n) is 1.44. The first-order valence-electron chi connectivity index (χ1n) is 5.99. The molecule has 0 amide bonds. The van der Waals surface area contributed by atoms with Gasteiger partial charge in [0.2, 0.25) is 0 Å². The molecule has 0 saturated carbocycles.